The maximum absolute atomic E-state index is 13.2. The predicted octanol–water partition coefficient (Wildman–Crippen LogP) is 5.19. The Hall–Kier alpha value is -5.89. The molecule has 0 saturated carbocycles. The number of rotatable bonds is 14. The molecule has 2 aromatic carbocycles. The third-order valence-electron chi connectivity index (χ3n) is 9.67. The number of anilines is 2. The van der Waals surface area contributed by atoms with Crippen molar-refractivity contribution in [2.24, 2.45) is 19.1 Å². The first kappa shape index (κ1) is 37.9. The smallest absolute Gasteiger partial charge is 0.272 e. The van der Waals surface area contributed by atoms with Crippen LogP contribution in [0.25, 0.3) is 11.1 Å². The summed E-state index contributed by atoms with van der Waals surface area (Å²) >= 11 is 0. The molecule has 4 amide bonds. The molecular weight excluding hydrogens is 690 g/mol. The van der Waals surface area contributed by atoms with Crippen LogP contribution in [0.2, 0.25) is 0 Å². The molecule has 1 unspecified atom stereocenters. The van der Waals surface area contributed by atoms with Crippen molar-refractivity contribution in [3.63, 3.8) is 0 Å². The van der Waals surface area contributed by atoms with Crippen LogP contribution in [0.1, 0.15) is 52.2 Å². The average Bonchev–Trinajstić information content (AvgIpc) is 3.91. The number of amides is 4. The number of morpholine rings is 1. The summed E-state index contributed by atoms with van der Waals surface area (Å²) in [4.78, 5) is 58.5. The normalized spacial score (nSPS) is 15.7. The van der Waals surface area contributed by atoms with Crippen molar-refractivity contribution >= 4 is 47.4 Å². The lowest BCUT2D eigenvalue weighted by Gasteiger charge is -2.26. The monoisotopic (exact) mass is 737 g/mol. The second-order valence-electron chi connectivity index (χ2n) is 13.5. The number of ether oxygens (including phenoxy) is 3. The lowest BCUT2D eigenvalue weighted by atomic mass is 10.1. The summed E-state index contributed by atoms with van der Waals surface area (Å²) in [5, 5.41) is 5.79. The second-order valence-corrected chi connectivity index (χ2v) is 13.5. The fourth-order valence-electron chi connectivity index (χ4n) is 6.64. The van der Waals surface area contributed by atoms with Crippen molar-refractivity contribution in [2.75, 3.05) is 57.2 Å². The minimum Gasteiger partial charge on any atom is -0.493 e. The third kappa shape index (κ3) is 9.00. The van der Waals surface area contributed by atoms with E-state index < -0.39 is 0 Å². The van der Waals surface area contributed by atoms with E-state index >= 15 is 0 Å². The van der Waals surface area contributed by atoms with Crippen LogP contribution in [0.3, 0.4) is 0 Å². The Morgan fingerprint density at radius 3 is 2.41 bits per heavy atom. The van der Waals surface area contributed by atoms with Gasteiger partial charge in [0.15, 0.2) is 11.5 Å². The molecule has 6 rings (SSSR count). The fourth-order valence-corrected chi connectivity index (χ4v) is 6.64. The first-order chi connectivity index (χ1) is 26.1. The summed E-state index contributed by atoms with van der Waals surface area (Å²) < 4.78 is 20.4. The van der Waals surface area contributed by atoms with Crippen molar-refractivity contribution < 1.29 is 33.4 Å². The largest absolute Gasteiger partial charge is 0.493 e. The Morgan fingerprint density at radius 2 is 1.67 bits per heavy atom. The van der Waals surface area contributed by atoms with Gasteiger partial charge in [0.25, 0.3) is 11.8 Å². The van der Waals surface area contributed by atoms with Gasteiger partial charge in [-0.25, -0.2) is 0 Å². The first-order valence-electron chi connectivity index (χ1n) is 18.1. The van der Waals surface area contributed by atoms with E-state index in [1.165, 1.54) is 0 Å². The number of hydrogen-bond acceptors (Lipinski definition) is 8. The Labute approximate surface area is 314 Å². The summed E-state index contributed by atoms with van der Waals surface area (Å²) in [6.45, 7) is 5.19. The number of hydrogen-bond donors (Lipinski definition) is 2. The van der Waals surface area contributed by atoms with E-state index in [0.717, 1.165) is 48.2 Å². The van der Waals surface area contributed by atoms with E-state index in [9.17, 15) is 19.2 Å². The topological polar surface area (TPSA) is 149 Å². The van der Waals surface area contributed by atoms with Crippen LogP contribution in [0.4, 0.5) is 17.1 Å². The van der Waals surface area contributed by atoms with E-state index in [1.54, 1.807) is 47.0 Å². The molecule has 2 fully saturated rings. The Balaban J connectivity index is 0.985. The zero-order chi connectivity index (χ0) is 38.2. The predicted molar refractivity (Wildman–Crippen MR) is 206 cm³/mol. The molecule has 14 heteroatoms. The standard InChI is InChI=1S/C40H47N7O7/c1-27-19-36(52-4)37(22-33(27)41-23-32-7-5-13-47(32)26-48)54-16-6-8-38(49)42-31-21-34(45(3)25-31)39(50)43-30-11-9-28(10-12-30)29-20-35(44(2)24-29)40(51)46-14-17-53-18-15-46/h9-12,19-26,32H,5-8,13-18H2,1-4H3,(H,42,49)(H,43,50). The van der Waals surface area contributed by atoms with Gasteiger partial charge in [0.1, 0.15) is 11.4 Å². The Bertz CT molecular complexity index is 2010. The molecule has 2 aliphatic heterocycles. The number of aromatic nitrogens is 2. The quantitative estimate of drug-likeness (QED) is 0.103. The molecule has 0 bridgehead atoms. The maximum Gasteiger partial charge on any atom is 0.272 e. The number of likely N-dealkylation sites (tertiary alicyclic amines) is 1. The average molecular weight is 738 g/mol. The lowest BCUT2D eigenvalue weighted by Crippen LogP contribution is -2.41. The molecule has 0 spiro atoms. The summed E-state index contributed by atoms with van der Waals surface area (Å²) in [5.74, 6) is 0.539. The van der Waals surface area contributed by atoms with Gasteiger partial charge in [0.2, 0.25) is 12.3 Å². The fraction of sp³-hybridized carbons (Fsp3) is 0.375. The Kier molecular flexibility index (Phi) is 12.1. The molecule has 1 atom stereocenters. The lowest BCUT2D eigenvalue weighted by molar-refractivity contribution is -0.118. The van der Waals surface area contributed by atoms with Crippen molar-refractivity contribution in [3.8, 4) is 22.6 Å². The highest BCUT2D eigenvalue weighted by molar-refractivity contribution is 6.04. The molecule has 2 aromatic heterocycles. The number of carbonyl (C=O) groups excluding carboxylic acids is 4. The molecule has 0 radical (unpaired) electrons. The van der Waals surface area contributed by atoms with Crippen LogP contribution in [-0.2, 0) is 28.4 Å². The van der Waals surface area contributed by atoms with Gasteiger partial charge in [-0.15, -0.1) is 0 Å². The summed E-state index contributed by atoms with van der Waals surface area (Å²) in [7, 11) is 5.17. The van der Waals surface area contributed by atoms with Crippen LogP contribution < -0.4 is 20.1 Å². The van der Waals surface area contributed by atoms with Gasteiger partial charge in [-0.2, -0.15) is 0 Å². The molecule has 2 saturated heterocycles. The van der Waals surface area contributed by atoms with E-state index in [1.807, 2.05) is 67.2 Å². The number of nitrogens with one attached hydrogen (secondary N) is 2. The summed E-state index contributed by atoms with van der Waals surface area (Å²) in [6.07, 6.45) is 8.77. The number of methoxy groups -OCH3 is 1. The summed E-state index contributed by atoms with van der Waals surface area (Å²) in [6, 6.07) is 14.6. The van der Waals surface area contributed by atoms with Crippen LogP contribution >= 0.6 is 0 Å². The summed E-state index contributed by atoms with van der Waals surface area (Å²) in [5.41, 5.74) is 5.56. The van der Waals surface area contributed by atoms with E-state index in [0.29, 0.717) is 67.0 Å². The SMILES string of the molecule is COc1cc(C)c(N=CC2CCCN2C=O)cc1OCCCC(=O)Nc1cc(C(=O)Nc2ccc(-c3cc(C(=O)N4CCOCC4)n(C)c3)cc2)n(C)c1. The molecule has 0 aliphatic carbocycles. The molecule has 284 valence electrons. The molecule has 14 nitrogen and oxygen atoms in total. The van der Waals surface area contributed by atoms with Gasteiger partial charge in [0.05, 0.1) is 44.3 Å². The third-order valence-corrected chi connectivity index (χ3v) is 9.67. The molecule has 2 aliphatic rings. The zero-order valence-corrected chi connectivity index (χ0v) is 31.2. The van der Waals surface area contributed by atoms with Gasteiger partial charge >= 0.3 is 0 Å². The first-order valence-corrected chi connectivity index (χ1v) is 18.1. The van der Waals surface area contributed by atoms with Gasteiger partial charge < -0.3 is 43.8 Å². The van der Waals surface area contributed by atoms with Gasteiger partial charge in [-0.05, 0) is 67.6 Å². The van der Waals surface area contributed by atoms with E-state index in [2.05, 4.69) is 15.6 Å². The second kappa shape index (κ2) is 17.3. The zero-order valence-electron chi connectivity index (χ0n) is 31.2. The van der Waals surface area contributed by atoms with Gasteiger partial charge in [-0.1, -0.05) is 12.1 Å². The van der Waals surface area contributed by atoms with Crippen LogP contribution in [0, 0.1) is 6.92 Å². The van der Waals surface area contributed by atoms with Crippen LogP contribution in [-0.4, -0.2) is 102 Å². The molecule has 2 N–H and O–H groups in total. The number of aliphatic imine (C=N–C) groups is 1. The Morgan fingerprint density at radius 1 is 0.907 bits per heavy atom. The number of benzene rings is 2. The van der Waals surface area contributed by atoms with Crippen molar-refractivity contribution in [1.29, 1.82) is 0 Å². The van der Waals surface area contributed by atoms with Crippen LogP contribution in [0.15, 0.2) is 65.9 Å². The molecular formula is C40H47N7O7. The van der Waals surface area contributed by atoms with Crippen LogP contribution in [0.5, 0.6) is 11.5 Å². The molecule has 4 heterocycles. The van der Waals surface area contributed by atoms with Crippen molar-refractivity contribution in [2.45, 2.75) is 38.6 Å². The van der Waals surface area contributed by atoms with Crippen molar-refractivity contribution in [3.05, 3.63) is 77.9 Å². The number of carbonyl (C=O) groups is 4. The van der Waals surface area contributed by atoms with Crippen molar-refractivity contribution in [1.82, 2.24) is 18.9 Å². The van der Waals surface area contributed by atoms with E-state index in [4.69, 9.17) is 14.2 Å². The highest BCUT2D eigenvalue weighted by Crippen LogP contribution is 2.35. The minimum atomic E-state index is -0.322. The molecule has 4 aromatic rings. The number of aryl methyl sites for hydroxylation is 3. The minimum absolute atomic E-state index is 0.0179. The highest BCUT2D eigenvalue weighted by Gasteiger charge is 2.23. The van der Waals surface area contributed by atoms with Gasteiger partial charge in [0, 0.05) is 76.1 Å². The number of nitrogens with zero attached hydrogens (tertiary/aromatic N) is 5. The molecule has 54 heavy (non-hydrogen) atoms. The van der Waals surface area contributed by atoms with E-state index in [-0.39, 0.29) is 36.8 Å². The highest BCUT2D eigenvalue weighted by atomic mass is 16.5. The maximum atomic E-state index is 13.2. The van der Waals surface area contributed by atoms with Gasteiger partial charge in [-0.3, -0.25) is 24.2 Å².